The number of nitrogens with one attached hydrogen (secondary N) is 1. The van der Waals surface area contributed by atoms with Gasteiger partial charge in [0.1, 0.15) is 23.7 Å². The Morgan fingerprint density at radius 1 is 1.18 bits per heavy atom. The van der Waals surface area contributed by atoms with Gasteiger partial charge in [0.2, 0.25) is 5.91 Å². The van der Waals surface area contributed by atoms with Crippen LogP contribution in [0, 0.1) is 17.0 Å². The molecule has 1 heterocycles. The number of hydrogen-bond acceptors (Lipinski definition) is 5. The lowest BCUT2D eigenvalue weighted by atomic mass is 10.2. The molecule has 8 nitrogen and oxygen atoms in total. The average molecular weight is 470 g/mol. The molecule has 33 heavy (non-hydrogen) atoms. The topological polar surface area (TPSA) is 99.3 Å². The number of hydrogen-bond donors (Lipinski definition) is 1. The van der Waals surface area contributed by atoms with Gasteiger partial charge in [0.25, 0.3) is 12.1 Å². The van der Waals surface area contributed by atoms with Gasteiger partial charge in [-0.2, -0.15) is 18.3 Å². The molecule has 1 aromatic heterocycles. The molecular formula is C20H15F5N4O4. The molecule has 0 saturated carbocycles. The van der Waals surface area contributed by atoms with Crippen LogP contribution in [0.25, 0.3) is 0 Å². The van der Waals surface area contributed by atoms with E-state index in [0.717, 1.165) is 41.1 Å². The lowest BCUT2D eigenvalue weighted by Gasteiger charge is -2.12. The summed E-state index contributed by atoms with van der Waals surface area (Å²) >= 11 is 0. The van der Waals surface area contributed by atoms with E-state index in [9.17, 15) is 36.9 Å². The first-order chi connectivity index (χ1) is 15.4. The van der Waals surface area contributed by atoms with Gasteiger partial charge in [-0.05, 0) is 31.2 Å². The third-order valence-corrected chi connectivity index (χ3v) is 4.23. The lowest BCUT2D eigenvalue weighted by Crippen LogP contribution is -2.21. The van der Waals surface area contributed by atoms with Gasteiger partial charge in [-0.3, -0.25) is 19.6 Å². The first-order valence-corrected chi connectivity index (χ1v) is 9.19. The van der Waals surface area contributed by atoms with Crippen molar-refractivity contribution in [2.75, 3.05) is 5.32 Å². The molecule has 0 aliphatic carbocycles. The molecule has 1 N–H and O–H groups in total. The number of non-ortho nitro benzene ring substituents is 1. The highest BCUT2D eigenvalue weighted by molar-refractivity contribution is 5.91. The Hall–Kier alpha value is -4.03. The van der Waals surface area contributed by atoms with E-state index in [4.69, 9.17) is 4.74 Å². The van der Waals surface area contributed by atoms with E-state index in [0.29, 0.717) is 6.07 Å². The van der Waals surface area contributed by atoms with Crippen molar-refractivity contribution in [1.82, 2.24) is 9.78 Å². The Balaban J connectivity index is 1.84. The standard InChI is InChI=1S/C20H15F5N4O4/c1-11-5-17(19(21)22)28(27-11)10-18(30)26-13-7-14(29(31)32)9-16(8-13)33-15-4-2-3-12(6-15)20(23,24)25/h2-9,19H,10H2,1H3,(H,26,30). The molecule has 1 amide bonds. The number of rotatable bonds is 7. The van der Waals surface area contributed by atoms with Gasteiger partial charge in [0, 0.05) is 12.1 Å². The van der Waals surface area contributed by atoms with Crippen LogP contribution in [-0.4, -0.2) is 20.6 Å². The molecule has 174 valence electrons. The maximum absolute atomic E-state index is 13.1. The lowest BCUT2D eigenvalue weighted by molar-refractivity contribution is -0.384. The molecule has 13 heteroatoms. The summed E-state index contributed by atoms with van der Waals surface area (Å²) in [6.45, 7) is 0.873. The Morgan fingerprint density at radius 2 is 1.91 bits per heavy atom. The van der Waals surface area contributed by atoms with E-state index in [1.54, 1.807) is 0 Å². The Labute approximate surface area is 182 Å². The van der Waals surface area contributed by atoms with E-state index in [1.165, 1.54) is 13.0 Å². The van der Waals surface area contributed by atoms with Crippen molar-refractivity contribution in [1.29, 1.82) is 0 Å². The molecule has 0 unspecified atom stereocenters. The van der Waals surface area contributed by atoms with E-state index < -0.39 is 46.9 Å². The highest BCUT2D eigenvalue weighted by atomic mass is 19.4. The van der Waals surface area contributed by atoms with Gasteiger partial charge in [0.05, 0.1) is 27.9 Å². The zero-order valence-electron chi connectivity index (χ0n) is 16.8. The van der Waals surface area contributed by atoms with Crippen LogP contribution in [-0.2, 0) is 17.5 Å². The quantitative estimate of drug-likeness (QED) is 0.280. The second-order valence-electron chi connectivity index (χ2n) is 6.82. The van der Waals surface area contributed by atoms with Crippen molar-refractivity contribution in [3.05, 3.63) is 75.6 Å². The minimum Gasteiger partial charge on any atom is -0.457 e. The average Bonchev–Trinajstić information content (AvgIpc) is 3.07. The van der Waals surface area contributed by atoms with E-state index in [2.05, 4.69) is 10.4 Å². The van der Waals surface area contributed by atoms with Gasteiger partial charge in [-0.25, -0.2) is 8.78 Å². The fraction of sp³-hybridized carbons (Fsp3) is 0.200. The van der Waals surface area contributed by atoms with Crippen LogP contribution in [0.3, 0.4) is 0 Å². The third kappa shape index (κ3) is 6.02. The number of carbonyl (C=O) groups excluding carboxylic acids is 1. The van der Waals surface area contributed by atoms with Crippen LogP contribution in [0.2, 0.25) is 0 Å². The molecule has 3 aromatic rings. The molecule has 0 aliphatic rings. The molecule has 0 aliphatic heterocycles. The van der Waals surface area contributed by atoms with Crippen molar-refractivity contribution in [3.63, 3.8) is 0 Å². The van der Waals surface area contributed by atoms with Crippen molar-refractivity contribution in [2.24, 2.45) is 0 Å². The predicted octanol–water partition coefficient (Wildman–Crippen LogP) is 5.49. The largest absolute Gasteiger partial charge is 0.457 e. The minimum absolute atomic E-state index is 0.126. The normalized spacial score (nSPS) is 11.5. The van der Waals surface area contributed by atoms with Crippen LogP contribution in [0.15, 0.2) is 48.5 Å². The number of nitro benzene ring substituents is 1. The predicted molar refractivity (Wildman–Crippen MR) is 105 cm³/mol. The van der Waals surface area contributed by atoms with Gasteiger partial charge in [-0.15, -0.1) is 0 Å². The SMILES string of the molecule is Cc1cc(C(F)F)n(CC(=O)Nc2cc(Oc3cccc(C(F)(F)F)c3)cc([N+](=O)[O-])c2)n1. The highest BCUT2D eigenvalue weighted by Crippen LogP contribution is 2.34. The number of aryl methyl sites for hydroxylation is 1. The number of nitrogens with zero attached hydrogens (tertiary/aromatic N) is 3. The fourth-order valence-corrected chi connectivity index (χ4v) is 2.90. The summed E-state index contributed by atoms with van der Waals surface area (Å²) in [6.07, 6.45) is -7.49. The van der Waals surface area contributed by atoms with Crippen LogP contribution in [0.5, 0.6) is 11.5 Å². The van der Waals surface area contributed by atoms with Gasteiger partial charge < -0.3 is 10.1 Å². The number of benzene rings is 2. The number of aromatic nitrogens is 2. The van der Waals surface area contributed by atoms with Gasteiger partial charge in [-0.1, -0.05) is 6.07 Å². The van der Waals surface area contributed by atoms with Crippen molar-refractivity contribution >= 4 is 17.3 Å². The summed E-state index contributed by atoms with van der Waals surface area (Å²) in [5, 5.41) is 17.4. The zero-order chi connectivity index (χ0) is 24.3. The molecule has 0 bridgehead atoms. The maximum Gasteiger partial charge on any atom is 0.416 e. The highest BCUT2D eigenvalue weighted by Gasteiger charge is 2.30. The van der Waals surface area contributed by atoms with Crippen LogP contribution >= 0.6 is 0 Å². The van der Waals surface area contributed by atoms with Crippen LogP contribution in [0.1, 0.15) is 23.4 Å². The Bertz CT molecular complexity index is 1190. The number of nitro groups is 1. The molecule has 0 atom stereocenters. The monoisotopic (exact) mass is 470 g/mol. The summed E-state index contributed by atoms with van der Waals surface area (Å²) < 4.78 is 70.9. The molecule has 0 radical (unpaired) electrons. The summed E-state index contributed by atoms with van der Waals surface area (Å²) in [5.74, 6) is -1.27. The van der Waals surface area contributed by atoms with E-state index in [-0.39, 0.29) is 22.9 Å². The smallest absolute Gasteiger partial charge is 0.416 e. The van der Waals surface area contributed by atoms with Crippen molar-refractivity contribution in [3.8, 4) is 11.5 Å². The van der Waals surface area contributed by atoms with Crippen molar-refractivity contribution in [2.45, 2.75) is 26.1 Å². The third-order valence-electron chi connectivity index (χ3n) is 4.23. The number of halogens is 5. The number of alkyl halides is 5. The maximum atomic E-state index is 13.1. The van der Waals surface area contributed by atoms with Crippen LogP contribution < -0.4 is 10.1 Å². The molecule has 0 fully saturated rings. The zero-order valence-corrected chi connectivity index (χ0v) is 16.8. The van der Waals surface area contributed by atoms with Crippen molar-refractivity contribution < 1.29 is 36.4 Å². The summed E-state index contributed by atoms with van der Waals surface area (Å²) in [5.41, 5.74) is -1.83. The summed E-state index contributed by atoms with van der Waals surface area (Å²) in [7, 11) is 0. The van der Waals surface area contributed by atoms with Gasteiger partial charge >= 0.3 is 6.18 Å². The molecular weight excluding hydrogens is 455 g/mol. The first-order valence-electron chi connectivity index (χ1n) is 9.19. The molecule has 0 saturated heterocycles. The summed E-state index contributed by atoms with van der Waals surface area (Å²) in [4.78, 5) is 22.8. The van der Waals surface area contributed by atoms with E-state index >= 15 is 0 Å². The number of carbonyl (C=O) groups is 1. The Morgan fingerprint density at radius 3 is 2.55 bits per heavy atom. The fourth-order valence-electron chi connectivity index (χ4n) is 2.90. The number of ether oxygens (including phenoxy) is 1. The minimum atomic E-state index is -4.62. The van der Waals surface area contributed by atoms with Gasteiger partial charge in [0.15, 0.2) is 0 Å². The molecule has 0 spiro atoms. The Kier molecular flexibility index (Phi) is 6.60. The molecule has 2 aromatic carbocycles. The number of amides is 1. The second-order valence-corrected chi connectivity index (χ2v) is 6.82. The second kappa shape index (κ2) is 9.22. The first kappa shape index (κ1) is 23.6. The van der Waals surface area contributed by atoms with E-state index in [1.807, 2.05) is 0 Å². The summed E-state index contributed by atoms with van der Waals surface area (Å²) in [6, 6.07) is 8.07. The van der Waals surface area contributed by atoms with Crippen LogP contribution in [0.4, 0.5) is 33.3 Å². The molecule has 3 rings (SSSR count). The number of anilines is 1.